The van der Waals surface area contributed by atoms with Gasteiger partial charge in [-0.25, -0.2) is 0 Å². The Labute approximate surface area is 208 Å². The third-order valence-electron chi connectivity index (χ3n) is 6.67. The van der Waals surface area contributed by atoms with Crippen LogP contribution in [-0.2, 0) is 11.3 Å². The zero-order valence-corrected chi connectivity index (χ0v) is 21.8. The van der Waals surface area contributed by atoms with Crippen LogP contribution >= 0.6 is 0 Å². The van der Waals surface area contributed by atoms with Gasteiger partial charge >= 0.3 is 0 Å². The third kappa shape index (κ3) is 7.02. The average Bonchev–Trinajstić information content (AvgIpc) is 3.51. The number of aldehydes is 1. The highest BCUT2D eigenvalue weighted by Crippen LogP contribution is 2.33. The molecule has 0 unspecified atom stereocenters. The van der Waals surface area contributed by atoms with Crippen molar-refractivity contribution in [2.45, 2.75) is 52.1 Å². The van der Waals surface area contributed by atoms with Crippen molar-refractivity contribution < 1.29 is 9.59 Å². The molecule has 0 atom stereocenters. The largest absolute Gasteiger partial charge is 0.392 e. The number of amides is 1. The molecule has 1 aromatic heterocycles. The Morgan fingerprint density at radius 3 is 2.63 bits per heavy atom. The van der Waals surface area contributed by atoms with Gasteiger partial charge in [0, 0.05) is 49.9 Å². The van der Waals surface area contributed by atoms with Crippen LogP contribution in [0.5, 0.6) is 0 Å². The van der Waals surface area contributed by atoms with E-state index in [2.05, 4.69) is 45.7 Å². The number of fused-ring (bicyclic) bond motifs is 1. The Hall–Kier alpha value is -2.97. The number of rotatable bonds is 12. The molecule has 0 bridgehead atoms. The molecule has 0 aliphatic heterocycles. The minimum absolute atomic E-state index is 0.172. The average molecular weight is 481 g/mol. The van der Waals surface area contributed by atoms with Crippen molar-refractivity contribution in [2.75, 3.05) is 40.8 Å². The quantitative estimate of drug-likeness (QED) is 0.187. The van der Waals surface area contributed by atoms with E-state index in [-0.39, 0.29) is 12.5 Å². The van der Waals surface area contributed by atoms with Crippen molar-refractivity contribution in [3.05, 3.63) is 52.4 Å². The van der Waals surface area contributed by atoms with Gasteiger partial charge in [-0.3, -0.25) is 14.3 Å². The van der Waals surface area contributed by atoms with Crippen LogP contribution in [0.3, 0.4) is 0 Å². The van der Waals surface area contributed by atoms with Crippen molar-refractivity contribution in [3.8, 4) is 0 Å². The van der Waals surface area contributed by atoms with Crippen LogP contribution in [0.25, 0.3) is 10.9 Å². The third-order valence-corrected chi connectivity index (χ3v) is 6.67. The predicted molar refractivity (Wildman–Crippen MR) is 141 cm³/mol. The Bertz CT molecular complexity index is 1090. The van der Waals surface area contributed by atoms with Crippen LogP contribution in [0.1, 0.15) is 61.5 Å². The number of carbonyl (C=O) groups is 2. The standard InChI is InChI=1S/C27H40N6O2/c1-19(12-20(2)28-3)22(18-34)16-30-27(35)24-13-21(15-29-10-11-32(4)5)14-26-25(24)17-31-33(26)23-8-6-7-9-23/h12-14,17-18,23,28-29H,6-11,15-16H2,1-5H3,(H,30,35)/b20-12-,22-19-. The van der Waals surface area contributed by atoms with E-state index in [9.17, 15) is 9.59 Å². The summed E-state index contributed by atoms with van der Waals surface area (Å²) in [6.45, 7) is 6.46. The van der Waals surface area contributed by atoms with Crippen LogP contribution in [0.2, 0.25) is 0 Å². The second kappa shape index (κ2) is 12.7. The molecule has 35 heavy (non-hydrogen) atoms. The maximum absolute atomic E-state index is 13.3. The van der Waals surface area contributed by atoms with Gasteiger partial charge in [-0.2, -0.15) is 5.10 Å². The molecule has 3 N–H and O–H groups in total. The highest BCUT2D eigenvalue weighted by atomic mass is 16.1. The van der Waals surface area contributed by atoms with Gasteiger partial charge in [-0.05, 0) is 70.1 Å². The lowest BCUT2D eigenvalue weighted by Crippen LogP contribution is -2.28. The highest BCUT2D eigenvalue weighted by molar-refractivity contribution is 6.06. The van der Waals surface area contributed by atoms with Gasteiger partial charge in [-0.1, -0.05) is 12.8 Å². The minimum atomic E-state index is -0.197. The summed E-state index contributed by atoms with van der Waals surface area (Å²) in [5.41, 5.74) is 4.97. The van der Waals surface area contributed by atoms with Crippen LogP contribution in [0.15, 0.2) is 41.2 Å². The first-order chi connectivity index (χ1) is 16.8. The Morgan fingerprint density at radius 2 is 1.97 bits per heavy atom. The topological polar surface area (TPSA) is 91.3 Å². The molecule has 1 aliphatic rings. The van der Waals surface area contributed by atoms with E-state index < -0.39 is 0 Å². The van der Waals surface area contributed by atoms with Crippen LogP contribution in [0, 0.1) is 0 Å². The number of likely N-dealkylation sites (N-methyl/N-ethyl adjacent to an activating group) is 1. The number of benzene rings is 1. The van der Waals surface area contributed by atoms with E-state index in [4.69, 9.17) is 5.10 Å². The van der Waals surface area contributed by atoms with E-state index >= 15 is 0 Å². The molecule has 0 saturated heterocycles. The molecule has 1 aliphatic carbocycles. The fourth-order valence-electron chi connectivity index (χ4n) is 4.50. The molecule has 1 fully saturated rings. The van der Waals surface area contributed by atoms with Crippen molar-refractivity contribution in [3.63, 3.8) is 0 Å². The van der Waals surface area contributed by atoms with E-state index in [1.807, 2.05) is 39.2 Å². The fourth-order valence-corrected chi connectivity index (χ4v) is 4.50. The molecular formula is C27H40N6O2. The SMILES string of the molecule is CN/C(C)=C\C(C)=C(/C=O)CNC(=O)c1cc(CNCCN(C)C)cc2c1cnn2C1CCCC1. The van der Waals surface area contributed by atoms with E-state index in [1.54, 1.807) is 0 Å². The summed E-state index contributed by atoms with van der Waals surface area (Å²) >= 11 is 0. The minimum Gasteiger partial charge on any atom is -0.392 e. The number of nitrogens with one attached hydrogen (secondary N) is 3. The normalized spacial score (nSPS) is 15.5. The lowest BCUT2D eigenvalue weighted by Gasteiger charge is -2.15. The molecule has 8 nitrogen and oxygen atoms in total. The zero-order chi connectivity index (χ0) is 25.4. The molecule has 8 heteroatoms. The van der Waals surface area contributed by atoms with E-state index in [0.717, 1.165) is 60.0 Å². The fraction of sp³-hybridized carbons (Fsp3) is 0.519. The Kier molecular flexibility index (Phi) is 9.63. The van der Waals surface area contributed by atoms with Crippen molar-refractivity contribution in [1.29, 1.82) is 0 Å². The van der Waals surface area contributed by atoms with Crippen molar-refractivity contribution in [1.82, 2.24) is 30.6 Å². The van der Waals surface area contributed by atoms with E-state index in [0.29, 0.717) is 23.7 Å². The van der Waals surface area contributed by atoms with Gasteiger partial charge < -0.3 is 20.9 Å². The zero-order valence-electron chi connectivity index (χ0n) is 21.8. The lowest BCUT2D eigenvalue weighted by atomic mass is 10.0. The summed E-state index contributed by atoms with van der Waals surface area (Å²) in [5, 5.41) is 15.0. The van der Waals surface area contributed by atoms with Gasteiger partial charge in [0.1, 0.15) is 6.29 Å². The van der Waals surface area contributed by atoms with E-state index in [1.165, 1.54) is 12.8 Å². The lowest BCUT2D eigenvalue weighted by molar-refractivity contribution is -0.105. The predicted octanol–water partition coefficient (Wildman–Crippen LogP) is 3.17. The Balaban J connectivity index is 1.87. The molecule has 3 rings (SSSR count). The molecule has 0 spiro atoms. The summed E-state index contributed by atoms with van der Waals surface area (Å²) in [6.07, 6.45) is 9.20. The number of carbonyl (C=O) groups excluding carboxylic acids is 2. The molecule has 1 heterocycles. The second-order valence-electron chi connectivity index (χ2n) is 9.67. The molecular weight excluding hydrogens is 440 g/mol. The number of hydrogen-bond acceptors (Lipinski definition) is 6. The van der Waals surface area contributed by atoms with Gasteiger partial charge in [0.25, 0.3) is 5.91 Å². The summed E-state index contributed by atoms with van der Waals surface area (Å²) in [4.78, 5) is 27.2. The van der Waals surface area contributed by atoms with Crippen molar-refractivity contribution in [2.24, 2.45) is 0 Å². The first-order valence-electron chi connectivity index (χ1n) is 12.5. The Morgan fingerprint density at radius 1 is 1.23 bits per heavy atom. The van der Waals surface area contributed by atoms with Crippen LogP contribution in [0.4, 0.5) is 0 Å². The number of aromatic nitrogens is 2. The molecule has 2 aromatic rings. The second-order valence-corrected chi connectivity index (χ2v) is 9.67. The molecule has 0 radical (unpaired) electrons. The molecule has 1 amide bonds. The van der Waals surface area contributed by atoms with Crippen molar-refractivity contribution >= 4 is 23.1 Å². The van der Waals surface area contributed by atoms with Gasteiger partial charge in [-0.15, -0.1) is 0 Å². The maximum Gasteiger partial charge on any atom is 0.252 e. The first kappa shape index (κ1) is 26.6. The molecule has 1 saturated carbocycles. The highest BCUT2D eigenvalue weighted by Gasteiger charge is 2.22. The molecule has 1 aromatic carbocycles. The summed E-state index contributed by atoms with van der Waals surface area (Å²) in [6, 6.07) is 4.49. The first-order valence-corrected chi connectivity index (χ1v) is 12.5. The number of hydrogen-bond donors (Lipinski definition) is 3. The maximum atomic E-state index is 13.3. The molecule has 190 valence electrons. The summed E-state index contributed by atoms with van der Waals surface area (Å²) < 4.78 is 2.11. The van der Waals surface area contributed by atoms with Gasteiger partial charge in [0.2, 0.25) is 0 Å². The summed E-state index contributed by atoms with van der Waals surface area (Å²) in [5.74, 6) is -0.197. The van der Waals surface area contributed by atoms with Crippen LogP contribution in [-0.4, -0.2) is 67.7 Å². The number of nitrogens with zero attached hydrogens (tertiary/aromatic N) is 3. The monoisotopic (exact) mass is 480 g/mol. The van der Waals surface area contributed by atoms with Gasteiger partial charge in [0.05, 0.1) is 23.3 Å². The number of allylic oxidation sites excluding steroid dienone is 3. The van der Waals surface area contributed by atoms with Gasteiger partial charge in [0.15, 0.2) is 0 Å². The summed E-state index contributed by atoms with van der Waals surface area (Å²) in [7, 11) is 5.94. The van der Waals surface area contributed by atoms with Crippen LogP contribution < -0.4 is 16.0 Å². The smallest absolute Gasteiger partial charge is 0.252 e.